The Balaban J connectivity index is 1.44. The van der Waals surface area contributed by atoms with Crippen LogP contribution in [0.2, 0.25) is 0 Å². The van der Waals surface area contributed by atoms with Crippen LogP contribution in [0.3, 0.4) is 0 Å². The van der Waals surface area contributed by atoms with Crippen LogP contribution in [-0.2, 0) is 16.6 Å². The van der Waals surface area contributed by atoms with Gasteiger partial charge in [0.15, 0.2) is 11.0 Å². The number of benzene rings is 2. The topological polar surface area (TPSA) is 80.1 Å². The Bertz CT molecular complexity index is 1390. The molecule has 34 heavy (non-hydrogen) atoms. The number of aryl methyl sites for hydroxylation is 1. The lowest BCUT2D eigenvalue weighted by Crippen LogP contribution is -2.33. The minimum absolute atomic E-state index is 0.110. The van der Waals surface area contributed by atoms with E-state index in [-0.39, 0.29) is 24.3 Å². The fourth-order valence-electron chi connectivity index (χ4n) is 4.16. The molecule has 1 N–H and O–H groups in total. The van der Waals surface area contributed by atoms with Crippen LogP contribution in [0.25, 0.3) is 28.0 Å². The van der Waals surface area contributed by atoms with E-state index < -0.39 is 0 Å². The van der Waals surface area contributed by atoms with E-state index in [9.17, 15) is 9.59 Å². The number of hydrogen-bond acceptors (Lipinski definition) is 5. The van der Waals surface area contributed by atoms with Gasteiger partial charge in [-0.3, -0.25) is 9.59 Å². The molecule has 0 saturated carbocycles. The van der Waals surface area contributed by atoms with E-state index in [4.69, 9.17) is 4.98 Å². The van der Waals surface area contributed by atoms with Gasteiger partial charge in [0.05, 0.1) is 23.0 Å². The average Bonchev–Trinajstić information content (AvgIpc) is 3.45. The zero-order valence-electron chi connectivity index (χ0n) is 18.8. The standard InChI is InChI=1S/C26H23N5O2S/c1-17(32)31-14-12-18-8-6-7-11-20(18)21(31)16-22(33)28-26-29-23(19-9-4-3-5-10-19)24(34-26)25-27-13-15-30(25)2/h3-15,21H,16H2,1-2H3,(H,28,29,33). The average molecular weight is 470 g/mol. The summed E-state index contributed by atoms with van der Waals surface area (Å²) in [6.07, 6.45) is 7.40. The fourth-order valence-corrected chi connectivity index (χ4v) is 5.20. The molecular weight excluding hydrogens is 446 g/mol. The third-order valence-electron chi connectivity index (χ3n) is 5.79. The second-order valence-corrected chi connectivity index (χ2v) is 9.06. The Morgan fingerprint density at radius 3 is 2.59 bits per heavy atom. The van der Waals surface area contributed by atoms with Crippen molar-refractivity contribution in [3.8, 4) is 22.0 Å². The summed E-state index contributed by atoms with van der Waals surface area (Å²) in [5, 5.41) is 3.46. The smallest absolute Gasteiger partial charge is 0.228 e. The van der Waals surface area contributed by atoms with Crippen LogP contribution < -0.4 is 5.32 Å². The van der Waals surface area contributed by atoms with Gasteiger partial charge in [0.2, 0.25) is 11.8 Å². The summed E-state index contributed by atoms with van der Waals surface area (Å²) >= 11 is 1.39. The van der Waals surface area contributed by atoms with Crippen molar-refractivity contribution in [2.24, 2.45) is 7.05 Å². The third kappa shape index (κ3) is 4.15. The second kappa shape index (κ2) is 9.07. The lowest BCUT2D eigenvalue weighted by atomic mass is 9.93. The van der Waals surface area contributed by atoms with Gasteiger partial charge < -0.3 is 14.8 Å². The van der Waals surface area contributed by atoms with Crippen LogP contribution in [0, 0.1) is 0 Å². The number of carbonyl (C=O) groups excluding carboxylic acids is 2. The number of hydrogen-bond donors (Lipinski definition) is 1. The fraction of sp³-hybridized carbons (Fsp3) is 0.154. The maximum atomic E-state index is 13.1. The number of amides is 2. The summed E-state index contributed by atoms with van der Waals surface area (Å²) in [5.41, 5.74) is 3.68. The monoisotopic (exact) mass is 469 g/mol. The molecule has 3 heterocycles. The highest BCUT2D eigenvalue weighted by Gasteiger charge is 2.29. The molecule has 0 fully saturated rings. The predicted octanol–water partition coefficient (Wildman–Crippen LogP) is 5.11. The summed E-state index contributed by atoms with van der Waals surface area (Å²) in [6.45, 7) is 1.51. The Labute approximate surface area is 201 Å². The molecule has 4 aromatic rings. The summed E-state index contributed by atoms with van der Waals surface area (Å²) in [5.74, 6) is 0.466. The maximum absolute atomic E-state index is 13.1. The van der Waals surface area contributed by atoms with Crippen molar-refractivity contribution in [3.05, 3.63) is 84.3 Å². The number of rotatable bonds is 5. The molecule has 0 spiro atoms. The molecule has 1 atom stereocenters. The maximum Gasteiger partial charge on any atom is 0.228 e. The number of imidazole rings is 1. The van der Waals surface area contributed by atoms with Crippen molar-refractivity contribution < 1.29 is 9.59 Å². The van der Waals surface area contributed by atoms with Crippen molar-refractivity contribution >= 4 is 34.4 Å². The molecule has 7 nitrogen and oxygen atoms in total. The lowest BCUT2D eigenvalue weighted by molar-refractivity contribution is -0.129. The quantitative estimate of drug-likeness (QED) is 0.440. The van der Waals surface area contributed by atoms with Gasteiger partial charge in [0.25, 0.3) is 0 Å². The first-order valence-electron chi connectivity index (χ1n) is 10.9. The molecule has 170 valence electrons. The van der Waals surface area contributed by atoms with E-state index in [1.54, 1.807) is 17.3 Å². The molecule has 2 aromatic heterocycles. The zero-order valence-corrected chi connectivity index (χ0v) is 19.6. The molecule has 0 saturated heterocycles. The summed E-state index contributed by atoms with van der Waals surface area (Å²) in [7, 11) is 1.93. The molecule has 0 bridgehead atoms. The van der Waals surface area contributed by atoms with Crippen molar-refractivity contribution in [1.29, 1.82) is 0 Å². The Morgan fingerprint density at radius 1 is 1.09 bits per heavy atom. The summed E-state index contributed by atoms with van der Waals surface area (Å²) in [4.78, 5) is 37.1. The molecule has 0 radical (unpaired) electrons. The number of thiazole rings is 1. The molecule has 2 aromatic carbocycles. The van der Waals surface area contributed by atoms with Gasteiger partial charge in [-0.15, -0.1) is 0 Å². The highest BCUT2D eigenvalue weighted by Crippen LogP contribution is 2.39. The molecule has 1 aliphatic rings. The van der Waals surface area contributed by atoms with E-state index in [1.165, 1.54) is 18.3 Å². The lowest BCUT2D eigenvalue weighted by Gasteiger charge is -2.32. The number of aromatic nitrogens is 3. The first-order valence-corrected chi connectivity index (χ1v) is 11.7. The molecule has 5 rings (SSSR count). The number of carbonyl (C=O) groups is 2. The minimum Gasteiger partial charge on any atom is -0.333 e. The van der Waals surface area contributed by atoms with E-state index in [2.05, 4.69) is 10.3 Å². The Kier molecular flexibility index (Phi) is 5.81. The van der Waals surface area contributed by atoms with Crippen LogP contribution in [0.1, 0.15) is 30.5 Å². The first-order chi connectivity index (χ1) is 16.5. The SMILES string of the molecule is CC(=O)N1C=Cc2ccccc2C1CC(=O)Nc1nc(-c2ccccc2)c(-c2nccn2C)s1. The van der Waals surface area contributed by atoms with Gasteiger partial charge in [-0.2, -0.15) is 0 Å². The normalized spacial score (nSPS) is 14.6. The molecule has 0 aliphatic carbocycles. The van der Waals surface area contributed by atoms with E-state index >= 15 is 0 Å². The van der Waals surface area contributed by atoms with Crippen molar-refractivity contribution in [2.75, 3.05) is 5.32 Å². The Hall–Kier alpha value is -4.04. The largest absolute Gasteiger partial charge is 0.333 e. The van der Waals surface area contributed by atoms with Crippen LogP contribution >= 0.6 is 11.3 Å². The van der Waals surface area contributed by atoms with Crippen molar-refractivity contribution in [2.45, 2.75) is 19.4 Å². The molecule has 1 aliphatic heterocycles. The number of nitrogens with one attached hydrogen (secondary N) is 1. The predicted molar refractivity (Wildman–Crippen MR) is 134 cm³/mol. The van der Waals surface area contributed by atoms with Crippen molar-refractivity contribution in [3.63, 3.8) is 0 Å². The number of nitrogens with zero attached hydrogens (tertiary/aromatic N) is 4. The van der Waals surface area contributed by atoms with Gasteiger partial charge in [0.1, 0.15) is 0 Å². The third-order valence-corrected chi connectivity index (χ3v) is 6.76. The van der Waals surface area contributed by atoms with E-state index in [0.717, 1.165) is 33.1 Å². The second-order valence-electron chi connectivity index (χ2n) is 8.06. The highest BCUT2D eigenvalue weighted by molar-refractivity contribution is 7.19. The molecule has 2 amide bonds. The molecule has 8 heteroatoms. The molecule has 1 unspecified atom stereocenters. The van der Waals surface area contributed by atoms with Gasteiger partial charge >= 0.3 is 0 Å². The van der Waals surface area contributed by atoms with Gasteiger partial charge in [0, 0.05) is 38.1 Å². The Morgan fingerprint density at radius 2 is 1.85 bits per heavy atom. The van der Waals surface area contributed by atoms with Crippen LogP contribution in [0.5, 0.6) is 0 Å². The van der Waals surface area contributed by atoms with Crippen LogP contribution in [-0.4, -0.2) is 31.2 Å². The van der Waals surface area contributed by atoms with Gasteiger partial charge in [-0.25, -0.2) is 9.97 Å². The minimum atomic E-state index is -0.374. The van der Waals surface area contributed by atoms with E-state index in [0.29, 0.717) is 5.13 Å². The zero-order chi connectivity index (χ0) is 23.7. The first kappa shape index (κ1) is 21.8. The summed E-state index contributed by atoms with van der Waals surface area (Å²) < 4.78 is 1.93. The van der Waals surface area contributed by atoms with Gasteiger partial charge in [-0.05, 0) is 17.2 Å². The number of fused-ring (bicyclic) bond motifs is 1. The van der Waals surface area contributed by atoms with E-state index in [1.807, 2.05) is 78.5 Å². The summed E-state index contributed by atoms with van der Waals surface area (Å²) in [6, 6.07) is 17.3. The van der Waals surface area contributed by atoms with Crippen molar-refractivity contribution in [1.82, 2.24) is 19.4 Å². The van der Waals surface area contributed by atoms with Crippen LogP contribution in [0.4, 0.5) is 5.13 Å². The highest BCUT2D eigenvalue weighted by atomic mass is 32.1. The molecular formula is C26H23N5O2S. The van der Waals surface area contributed by atoms with Crippen LogP contribution in [0.15, 0.2) is 73.2 Å². The number of anilines is 1. The van der Waals surface area contributed by atoms with Gasteiger partial charge in [-0.1, -0.05) is 65.9 Å².